The van der Waals surface area contributed by atoms with Gasteiger partial charge in [-0.25, -0.2) is 4.98 Å². The van der Waals surface area contributed by atoms with Gasteiger partial charge in [-0.1, -0.05) is 13.8 Å². The van der Waals surface area contributed by atoms with Crippen molar-refractivity contribution in [3.05, 3.63) is 18.2 Å². The summed E-state index contributed by atoms with van der Waals surface area (Å²) < 4.78 is 0. The van der Waals surface area contributed by atoms with E-state index in [-0.39, 0.29) is 0 Å². The van der Waals surface area contributed by atoms with Gasteiger partial charge in [0, 0.05) is 18.3 Å². The Hall–Kier alpha value is -1.40. The Morgan fingerprint density at radius 2 is 2.24 bits per heavy atom. The number of H-pyrrole nitrogens is 1. The predicted octanol–water partition coefficient (Wildman–Crippen LogP) is 0.355. The summed E-state index contributed by atoms with van der Waals surface area (Å²) in [5.41, 5.74) is 11.6. The van der Waals surface area contributed by atoms with Gasteiger partial charge in [-0.3, -0.25) is 4.79 Å². The van der Waals surface area contributed by atoms with Crippen LogP contribution in [0.15, 0.2) is 12.5 Å². The average Bonchev–Trinajstić information content (AvgIpc) is 2.71. The lowest BCUT2D eigenvalue weighted by atomic mass is 10.1. The maximum Gasteiger partial charge on any atom is 0.320 e. The molecule has 1 atom stereocenters. The third-order valence-corrected chi connectivity index (χ3v) is 2.01. The molecule has 6 N–H and O–H groups in total. The standard InChI is InChI=1S/C6H13NO2.C5H9N3/c1-4(2)3-5(7)6(8)9;6-2-1-5-3-7-4-8-5/h4-5H,3,7H2,1-2H3,(H,8,9);3-4H,1-2,6H2,(H,7,8). The van der Waals surface area contributed by atoms with E-state index in [0.29, 0.717) is 18.9 Å². The Bertz CT molecular complexity index is 298. The number of nitrogens with one attached hydrogen (secondary N) is 1. The average molecular weight is 242 g/mol. The Balaban J connectivity index is 0.000000302. The Morgan fingerprint density at radius 1 is 1.59 bits per heavy atom. The van der Waals surface area contributed by atoms with Crippen molar-refractivity contribution in [3.8, 4) is 0 Å². The molecule has 6 heteroatoms. The van der Waals surface area contributed by atoms with Gasteiger partial charge in [-0.2, -0.15) is 0 Å². The van der Waals surface area contributed by atoms with Gasteiger partial charge in [-0.15, -0.1) is 0 Å². The normalized spacial score (nSPS) is 11.8. The third-order valence-electron chi connectivity index (χ3n) is 2.01. The monoisotopic (exact) mass is 242 g/mol. The SMILES string of the molecule is CC(C)CC(N)C(=O)O.NCCc1cnc[nH]1. The topological polar surface area (TPSA) is 118 Å². The van der Waals surface area contributed by atoms with Gasteiger partial charge in [0.2, 0.25) is 0 Å². The van der Waals surface area contributed by atoms with E-state index in [2.05, 4.69) is 9.97 Å². The van der Waals surface area contributed by atoms with Crippen LogP contribution in [0.1, 0.15) is 26.0 Å². The maximum absolute atomic E-state index is 10.1. The zero-order valence-electron chi connectivity index (χ0n) is 10.4. The van der Waals surface area contributed by atoms with Gasteiger partial charge in [0.15, 0.2) is 0 Å². The lowest BCUT2D eigenvalue weighted by Crippen LogP contribution is -2.31. The van der Waals surface area contributed by atoms with Crippen molar-refractivity contribution >= 4 is 5.97 Å². The van der Waals surface area contributed by atoms with Gasteiger partial charge in [0.1, 0.15) is 6.04 Å². The van der Waals surface area contributed by atoms with Crippen LogP contribution in [-0.4, -0.2) is 33.6 Å². The molecule has 98 valence electrons. The molecule has 6 nitrogen and oxygen atoms in total. The Morgan fingerprint density at radius 3 is 2.53 bits per heavy atom. The van der Waals surface area contributed by atoms with Gasteiger partial charge >= 0.3 is 5.97 Å². The quantitative estimate of drug-likeness (QED) is 0.594. The molecule has 0 bridgehead atoms. The fraction of sp³-hybridized carbons (Fsp3) is 0.636. The van der Waals surface area contributed by atoms with Crippen LogP contribution in [0.4, 0.5) is 0 Å². The number of hydrogen-bond donors (Lipinski definition) is 4. The van der Waals surface area contributed by atoms with E-state index < -0.39 is 12.0 Å². The summed E-state index contributed by atoms with van der Waals surface area (Å²) in [6, 6.07) is -0.690. The summed E-state index contributed by atoms with van der Waals surface area (Å²) in [7, 11) is 0. The second-order valence-electron chi connectivity index (χ2n) is 4.19. The molecule has 0 spiro atoms. The molecule has 1 rings (SSSR count). The first-order valence-corrected chi connectivity index (χ1v) is 5.63. The Kier molecular flexibility index (Phi) is 8.00. The van der Waals surface area contributed by atoms with Crippen molar-refractivity contribution in [1.29, 1.82) is 0 Å². The zero-order chi connectivity index (χ0) is 13.3. The number of aliphatic carboxylic acids is 1. The molecule has 0 aliphatic carbocycles. The summed E-state index contributed by atoms with van der Waals surface area (Å²) in [6.07, 6.45) is 4.88. The molecule has 0 aliphatic heterocycles. The molecule has 0 saturated heterocycles. The van der Waals surface area contributed by atoms with Crippen LogP contribution in [0, 0.1) is 5.92 Å². The molecule has 0 fully saturated rings. The first kappa shape index (κ1) is 15.6. The highest BCUT2D eigenvalue weighted by Crippen LogP contribution is 2.01. The summed E-state index contributed by atoms with van der Waals surface area (Å²) in [4.78, 5) is 16.9. The van der Waals surface area contributed by atoms with Gasteiger partial charge < -0.3 is 21.6 Å². The third kappa shape index (κ3) is 8.41. The number of carbonyl (C=O) groups is 1. The number of carboxylic acid groups (broad SMARTS) is 1. The summed E-state index contributed by atoms with van der Waals surface area (Å²) in [6.45, 7) is 4.58. The van der Waals surface area contributed by atoms with Crippen molar-refractivity contribution < 1.29 is 9.90 Å². The molecule has 0 aromatic carbocycles. The van der Waals surface area contributed by atoms with Crippen molar-refractivity contribution in [2.75, 3.05) is 6.54 Å². The smallest absolute Gasteiger partial charge is 0.320 e. The molecule has 0 saturated carbocycles. The van der Waals surface area contributed by atoms with Gasteiger partial charge in [-0.05, 0) is 18.9 Å². The highest BCUT2D eigenvalue weighted by atomic mass is 16.4. The number of nitrogens with two attached hydrogens (primary N) is 2. The van der Waals surface area contributed by atoms with Crippen LogP contribution in [0.25, 0.3) is 0 Å². The summed E-state index contributed by atoms with van der Waals surface area (Å²) in [5, 5.41) is 8.31. The van der Waals surface area contributed by atoms with E-state index in [4.69, 9.17) is 16.6 Å². The van der Waals surface area contributed by atoms with E-state index in [1.54, 1.807) is 12.5 Å². The van der Waals surface area contributed by atoms with Crippen LogP contribution in [0.2, 0.25) is 0 Å². The largest absolute Gasteiger partial charge is 0.480 e. The van der Waals surface area contributed by atoms with Crippen LogP contribution < -0.4 is 11.5 Å². The molecular formula is C11H22N4O2. The molecule has 1 aromatic heterocycles. The minimum atomic E-state index is -0.913. The predicted molar refractivity (Wildman–Crippen MR) is 66.4 cm³/mol. The number of rotatable bonds is 5. The second kappa shape index (κ2) is 8.72. The molecule has 0 aliphatic rings. The first-order chi connectivity index (χ1) is 7.97. The summed E-state index contributed by atoms with van der Waals surface area (Å²) >= 11 is 0. The van der Waals surface area contributed by atoms with Crippen LogP contribution in [0.3, 0.4) is 0 Å². The molecule has 1 unspecified atom stereocenters. The highest BCUT2D eigenvalue weighted by molar-refractivity contribution is 5.72. The van der Waals surface area contributed by atoms with Crippen molar-refractivity contribution in [1.82, 2.24) is 9.97 Å². The number of imidazole rings is 1. The lowest BCUT2D eigenvalue weighted by Gasteiger charge is -2.07. The van der Waals surface area contributed by atoms with Crippen molar-refractivity contribution in [3.63, 3.8) is 0 Å². The number of nitrogens with zero attached hydrogens (tertiary/aromatic N) is 1. The summed E-state index contributed by atoms with van der Waals surface area (Å²) in [5.74, 6) is -0.556. The van der Waals surface area contributed by atoms with Crippen LogP contribution >= 0.6 is 0 Å². The number of hydrogen-bond acceptors (Lipinski definition) is 4. The number of aromatic nitrogens is 2. The zero-order valence-corrected chi connectivity index (χ0v) is 10.4. The van der Waals surface area contributed by atoms with E-state index in [9.17, 15) is 4.79 Å². The minimum Gasteiger partial charge on any atom is -0.480 e. The van der Waals surface area contributed by atoms with Crippen LogP contribution in [0.5, 0.6) is 0 Å². The fourth-order valence-electron chi connectivity index (χ4n) is 1.19. The molecular weight excluding hydrogens is 220 g/mol. The molecule has 0 amide bonds. The lowest BCUT2D eigenvalue weighted by molar-refractivity contribution is -0.138. The van der Waals surface area contributed by atoms with Crippen molar-refractivity contribution in [2.45, 2.75) is 32.7 Å². The first-order valence-electron chi connectivity index (χ1n) is 5.63. The molecule has 17 heavy (non-hydrogen) atoms. The van der Waals surface area contributed by atoms with Crippen LogP contribution in [-0.2, 0) is 11.2 Å². The van der Waals surface area contributed by atoms with Gasteiger partial charge in [0.25, 0.3) is 0 Å². The van der Waals surface area contributed by atoms with Gasteiger partial charge in [0.05, 0.1) is 6.33 Å². The van der Waals surface area contributed by atoms with E-state index >= 15 is 0 Å². The minimum absolute atomic E-state index is 0.357. The molecule has 0 radical (unpaired) electrons. The maximum atomic E-state index is 10.1. The fourth-order valence-corrected chi connectivity index (χ4v) is 1.19. The second-order valence-corrected chi connectivity index (χ2v) is 4.19. The highest BCUT2D eigenvalue weighted by Gasteiger charge is 2.11. The Labute approximate surface area is 101 Å². The molecule has 1 aromatic rings. The van der Waals surface area contributed by atoms with E-state index in [0.717, 1.165) is 12.1 Å². The van der Waals surface area contributed by atoms with Crippen molar-refractivity contribution in [2.24, 2.45) is 17.4 Å². The van der Waals surface area contributed by atoms with E-state index in [1.165, 1.54) is 0 Å². The molecule has 1 heterocycles. The number of carboxylic acids is 1. The van der Waals surface area contributed by atoms with E-state index in [1.807, 2.05) is 13.8 Å². The number of aromatic amines is 1.